The third kappa shape index (κ3) is 3.25. The van der Waals surface area contributed by atoms with E-state index in [2.05, 4.69) is 15.6 Å². The number of amides is 3. The number of benzene rings is 1. The normalized spacial score (nSPS) is 17.6. The Labute approximate surface area is 132 Å². The van der Waals surface area contributed by atoms with Gasteiger partial charge in [0.05, 0.1) is 11.7 Å². The summed E-state index contributed by atoms with van der Waals surface area (Å²) in [6.07, 6.45) is 0.305. The van der Waals surface area contributed by atoms with Gasteiger partial charge in [-0.3, -0.25) is 10.1 Å². The Bertz CT molecular complexity index is 686. The topological polar surface area (TPSA) is 74.3 Å². The largest absolute Gasteiger partial charge is 0.333 e. The van der Waals surface area contributed by atoms with E-state index in [1.165, 1.54) is 11.3 Å². The summed E-state index contributed by atoms with van der Waals surface area (Å²) < 4.78 is 0. The molecule has 1 atom stereocenters. The monoisotopic (exact) mass is 316 g/mol. The maximum absolute atomic E-state index is 12.1. The highest BCUT2D eigenvalue weighted by Crippen LogP contribution is 2.21. The van der Waals surface area contributed by atoms with Crippen molar-refractivity contribution in [3.8, 4) is 0 Å². The molecular formula is C15H16N4O2S. The van der Waals surface area contributed by atoms with E-state index in [0.29, 0.717) is 18.1 Å². The zero-order valence-corrected chi connectivity index (χ0v) is 12.9. The van der Waals surface area contributed by atoms with Crippen molar-refractivity contribution in [1.29, 1.82) is 0 Å². The number of thiazole rings is 1. The summed E-state index contributed by atoms with van der Waals surface area (Å²) in [6.45, 7) is 2.35. The zero-order chi connectivity index (χ0) is 15.5. The first kappa shape index (κ1) is 14.5. The third-order valence-electron chi connectivity index (χ3n) is 3.37. The van der Waals surface area contributed by atoms with Gasteiger partial charge in [0.15, 0.2) is 5.13 Å². The number of hydrogen-bond acceptors (Lipinski definition) is 4. The molecule has 2 aromatic rings. The molecule has 0 bridgehead atoms. The van der Waals surface area contributed by atoms with Crippen molar-refractivity contribution in [3.63, 3.8) is 0 Å². The Morgan fingerprint density at radius 2 is 2.14 bits per heavy atom. The summed E-state index contributed by atoms with van der Waals surface area (Å²) in [7, 11) is 0. The van der Waals surface area contributed by atoms with Crippen LogP contribution in [0.2, 0.25) is 0 Å². The molecule has 0 radical (unpaired) electrons. The Hall–Kier alpha value is -2.41. The molecule has 0 unspecified atom stereocenters. The molecule has 0 saturated carbocycles. The van der Waals surface area contributed by atoms with Crippen LogP contribution < -0.4 is 15.5 Å². The van der Waals surface area contributed by atoms with Gasteiger partial charge < -0.3 is 10.2 Å². The van der Waals surface area contributed by atoms with E-state index in [1.807, 2.05) is 42.6 Å². The van der Waals surface area contributed by atoms with Gasteiger partial charge >= 0.3 is 6.03 Å². The van der Waals surface area contributed by atoms with Gasteiger partial charge in [-0.05, 0) is 19.1 Å². The van der Waals surface area contributed by atoms with E-state index in [9.17, 15) is 9.59 Å². The van der Waals surface area contributed by atoms with Crippen LogP contribution in [0.1, 0.15) is 12.1 Å². The minimum atomic E-state index is -0.331. The minimum absolute atomic E-state index is 0.0154. The van der Waals surface area contributed by atoms with Crippen LogP contribution in [0.25, 0.3) is 0 Å². The summed E-state index contributed by atoms with van der Waals surface area (Å²) in [5, 5.41) is 7.93. The molecule has 114 valence electrons. The van der Waals surface area contributed by atoms with Crippen LogP contribution in [0.4, 0.5) is 15.6 Å². The molecule has 6 nitrogen and oxygen atoms in total. The fraction of sp³-hybridized carbons (Fsp3) is 0.267. The van der Waals surface area contributed by atoms with E-state index >= 15 is 0 Å². The lowest BCUT2D eigenvalue weighted by atomic mass is 10.2. The van der Waals surface area contributed by atoms with Gasteiger partial charge in [-0.15, -0.1) is 11.3 Å². The van der Waals surface area contributed by atoms with Crippen molar-refractivity contribution >= 4 is 34.1 Å². The maximum Gasteiger partial charge on any atom is 0.321 e. The summed E-state index contributed by atoms with van der Waals surface area (Å²) in [5.74, 6) is 0.0154. The van der Waals surface area contributed by atoms with E-state index in [-0.39, 0.29) is 18.0 Å². The molecule has 22 heavy (non-hydrogen) atoms. The number of carbonyl (C=O) groups is 2. The first-order valence-corrected chi connectivity index (χ1v) is 7.85. The number of nitrogens with zero attached hydrogens (tertiary/aromatic N) is 2. The molecule has 1 aliphatic rings. The van der Waals surface area contributed by atoms with Crippen molar-refractivity contribution in [2.24, 2.45) is 0 Å². The molecule has 1 aliphatic heterocycles. The van der Waals surface area contributed by atoms with Crippen molar-refractivity contribution in [1.82, 2.24) is 10.3 Å². The second-order valence-corrected chi connectivity index (χ2v) is 5.99. The average molecular weight is 316 g/mol. The van der Waals surface area contributed by atoms with Crippen LogP contribution >= 0.6 is 11.3 Å². The van der Waals surface area contributed by atoms with Crippen molar-refractivity contribution < 1.29 is 9.59 Å². The number of anilines is 2. The minimum Gasteiger partial charge on any atom is -0.333 e. The third-order valence-corrected chi connectivity index (χ3v) is 4.24. The number of hydrogen-bond donors (Lipinski definition) is 2. The second kappa shape index (κ2) is 6.15. The SMILES string of the molecule is Cc1csc(NC(=O)N[C@@H]2CC(=O)N(c3ccccc3)C2)n1. The predicted octanol–water partition coefficient (Wildman–Crippen LogP) is 2.38. The first-order valence-electron chi connectivity index (χ1n) is 6.97. The number of rotatable bonds is 3. The number of aryl methyl sites for hydroxylation is 1. The van der Waals surface area contributed by atoms with Crippen LogP contribution in [0.15, 0.2) is 35.7 Å². The Morgan fingerprint density at radius 3 is 2.82 bits per heavy atom. The molecule has 3 rings (SSSR count). The molecule has 1 aromatic carbocycles. The van der Waals surface area contributed by atoms with Crippen LogP contribution in [0.5, 0.6) is 0 Å². The van der Waals surface area contributed by atoms with Crippen LogP contribution in [0, 0.1) is 6.92 Å². The van der Waals surface area contributed by atoms with Gasteiger partial charge in [-0.1, -0.05) is 18.2 Å². The number of aromatic nitrogens is 1. The zero-order valence-electron chi connectivity index (χ0n) is 12.1. The molecule has 0 aliphatic carbocycles. The average Bonchev–Trinajstić information content (AvgIpc) is 3.05. The number of para-hydroxylation sites is 1. The molecule has 0 spiro atoms. The van der Waals surface area contributed by atoms with Gasteiger partial charge in [-0.2, -0.15) is 0 Å². The highest BCUT2D eigenvalue weighted by atomic mass is 32.1. The Balaban J connectivity index is 1.58. The highest BCUT2D eigenvalue weighted by Gasteiger charge is 2.31. The van der Waals surface area contributed by atoms with Crippen molar-refractivity contribution in [2.45, 2.75) is 19.4 Å². The van der Waals surface area contributed by atoms with Gasteiger partial charge in [0.2, 0.25) is 5.91 Å². The van der Waals surface area contributed by atoms with Crippen LogP contribution in [0.3, 0.4) is 0 Å². The van der Waals surface area contributed by atoms with Gasteiger partial charge in [0, 0.05) is 24.0 Å². The maximum atomic E-state index is 12.1. The lowest BCUT2D eigenvalue weighted by Gasteiger charge is -2.17. The standard InChI is InChI=1S/C15H16N4O2S/c1-10-9-22-15(16-10)18-14(21)17-11-7-13(20)19(8-11)12-5-3-2-4-6-12/h2-6,9,11H,7-8H2,1H3,(H2,16,17,18,21)/t11-/m1/s1. The van der Waals surface area contributed by atoms with E-state index in [1.54, 1.807) is 4.90 Å². The number of urea groups is 1. The van der Waals surface area contributed by atoms with Crippen molar-refractivity contribution in [3.05, 3.63) is 41.4 Å². The molecular weight excluding hydrogens is 300 g/mol. The summed E-state index contributed by atoms with van der Waals surface area (Å²) >= 11 is 1.37. The first-order chi connectivity index (χ1) is 10.6. The second-order valence-electron chi connectivity index (χ2n) is 5.13. The highest BCUT2D eigenvalue weighted by molar-refractivity contribution is 7.13. The molecule has 2 N–H and O–H groups in total. The van der Waals surface area contributed by atoms with E-state index in [0.717, 1.165) is 11.4 Å². The number of nitrogens with one attached hydrogen (secondary N) is 2. The van der Waals surface area contributed by atoms with Gasteiger partial charge in [0.25, 0.3) is 0 Å². The Morgan fingerprint density at radius 1 is 1.36 bits per heavy atom. The lowest BCUT2D eigenvalue weighted by Crippen LogP contribution is -2.39. The van der Waals surface area contributed by atoms with Crippen LogP contribution in [-0.2, 0) is 4.79 Å². The fourth-order valence-corrected chi connectivity index (χ4v) is 3.07. The van der Waals surface area contributed by atoms with Gasteiger partial charge in [-0.25, -0.2) is 9.78 Å². The molecule has 3 amide bonds. The fourth-order valence-electron chi connectivity index (χ4n) is 2.39. The smallest absolute Gasteiger partial charge is 0.321 e. The van der Waals surface area contributed by atoms with Crippen molar-refractivity contribution in [2.75, 3.05) is 16.8 Å². The lowest BCUT2D eigenvalue weighted by molar-refractivity contribution is -0.117. The molecule has 2 heterocycles. The number of carbonyl (C=O) groups excluding carboxylic acids is 2. The van der Waals surface area contributed by atoms with Crippen LogP contribution in [-0.4, -0.2) is 29.5 Å². The summed E-state index contributed by atoms with van der Waals surface area (Å²) in [6, 6.07) is 8.93. The van der Waals surface area contributed by atoms with E-state index < -0.39 is 0 Å². The molecule has 7 heteroatoms. The predicted molar refractivity (Wildman–Crippen MR) is 86.2 cm³/mol. The molecule has 1 fully saturated rings. The summed E-state index contributed by atoms with van der Waals surface area (Å²) in [4.78, 5) is 29.9. The molecule has 1 aromatic heterocycles. The van der Waals surface area contributed by atoms with E-state index in [4.69, 9.17) is 0 Å². The quantitative estimate of drug-likeness (QED) is 0.913. The Kier molecular flexibility index (Phi) is 4.06. The summed E-state index contributed by atoms with van der Waals surface area (Å²) in [5.41, 5.74) is 1.72. The molecule has 1 saturated heterocycles. The van der Waals surface area contributed by atoms with Gasteiger partial charge in [0.1, 0.15) is 0 Å².